The van der Waals surface area contributed by atoms with E-state index in [1.54, 1.807) is 0 Å². The van der Waals surface area contributed by atoms with Gasteiger partial charge in [-0.15, -0.1) is 0 Å². The summed E-state index contributed by atoms with van der Waals surface area (Å²) in [4.78, 5) is 28.4. The maximum absolute atomic E-state index is 13.5. The number of nitrogens with zero attached hydrogens (tertiary/aromatic N) is 1. The zero-order valence-electron chi connectivity index (χ0n) is 21.2. The Labute approximate surface area is 213 Å². The number of hydrogen-bond donors (Lipinski definition) is 2. The maximum Gasteiger partial charge on any atom is 0.251 e. The standard InChI is InChI=1S/C31H35N3O2/c1-3-5-13-26-27(34-19-22(20-34)33-30(35)21-11-7-6-8-12-21)17-16-25-23-14-9-10-15-24(23)29(28(25)26)31(36)32-18-4-2/h6-12,14-17,22,29H,3-5,13,18-20H2,1-2H3,(H,32,36)(H,33,35). The van der Waals surface area contributed by atoms with E-state index in [9.17, 15) is 9.59 Å². The molecule has 5 nitrogen and oxygen atoms in total. The predicted octanol–water partition coefficient (Wildman–Crippen LogP) is 5.29. The van der Waals surface area contributed by atoms with Crippen molar-refractivity contribution in [3.8, 4) is 11.1 Å². The first-order chi connectivity index (χ1) is 17.6. The van der Waals surface area contributed by atoms with Crippen LogP contribution in [0.25, 0.3) is 11.1 Å². The lowest BCUT2D eigenvalue weighted by Crippen LogP contribution is -2.59. The van der Waals surface area contributed by atoms with E-state index in [2.05, 4.69) is 59.7 Å². The number of rotatable bonds is 9. The molecule has 1 unspecified atom stereocenters. The second kappa shape index (κ2) is 10.6. The number of nitrogens with one attached hydrogen (secondary N) is 2. The molecule has 1 fully saturated rings. The second-order valence-corrected chi connectivity index (χ2v) is 9.88. The zero-order chi connectivity index (χ0) is 25.1. The van der Waals surface area contributed by atoms with Gasteiger partial charge in [0.2, 0.25) is 5.91 Å². The topological polar surface area (TPSA) is 61.4 Å². The molecule has 0 aromatic heterocycles. The fourth-order valence-electron chi connectivity index (χ4n) is 5.53. The molecule has 1 aliphatic carbocycles. The van der Waals surface area contributed by atoms with Gasteiger partial charge in [-0.25, -0.2) is 0 Å². The van der Waals surface area contributed by atoms with Crippen LogP contribution in [0.15, 0.2) is 66.7 Å². The second-order valence-electron chi connectivity index (χ2n) is 9.88. The number of amides is 2. The van der Waals surface area contributed by atoms with Gasteiger partial charge in [-0.1, -0.05) is 68.8 Å². The first kappa shape index (κ1) is 24.1. The van der Waals surface area contributed by atoms with Gasteiger partial charge in [0.1, 0.15) is 0 Å². The molecule has 1 heterocycles. The van der Waals surface area contributed by atoms with E-state index >= 15 is 0 Å². The molecule has 2 N–H and O–H groups in total. The lowest BCUT2D eigenvalue weighted by molar-refractivity contribution is -0.121. The summed E-state index contributed by atoms with van der Waals surface area (Å²) in [5.41, 5.74) is 7.82. The van der Waals surface area contributed by atoms with Gasteiger partial charge in [-0.3, -0.25) is 9.59 Å². The molecule has 2 amide bonds. The number of hydrogen-bond acceptors (Lipinski definition) is 3. The van der Waals surface area contributed by atoms with Crippen LogP contribution in [0.5, 0.6) is 0 Å². The molecule has 3 aromatic rings. The van der Waals surface area contributed by atoms with E-state index in [-0.39, 0.29) is 23.8 Å². The number of carbonyl (C=O) groups is 2. The molecule has 5 rings (SSSR count). The van der Waals surface area contributed by atoms with E-state index in [0.717, 1.165) is 44.3 Å². The summed E-state index contributed by atoms with van der Waals surface area (Å²) in [5, 5.41) is 6.33. The van der Waals surface area contributed by atoms with Crippen molar-refractivity contribution in [2.45, 2.75) is 51.5 Å². The van der Waals surface area contributed by atoms with Crippen LogP contribution in [-0.4, -0.2) is 37.5 Å². The summed E-state index contributed by atoms with van der Waals surface area (Å²) < 4.78 is 0. The van der Waals surface area contributed by atoms with Gasteiger partial charge in [0.25, 0.3) is 5.91 Å². The summed E-state index contributed by atoms with van der Waals surface area (Å²) in [6, 6.07) is 22.3. The van der Waals surface area contributed by atoms with Crippen LogP contribution in [0.3, 0.4) is 0 Å². The summed E-state index contributed by atoms with van der Waals surface area (Å²) in [7, 11) is 0. The lowest BCUT2D eigenvalue weighted by atomic mass is 9.87. The van der Waals surface area contributed by atoms with Crippen molar-refractivity contribution in [1.29, 1.82) is 0 Å². The molecule has 186 valence electrons. The highest BCUT2D eigenvalue weighted by molar-refractivity contribution is 5.98. The largest absolute Gasteiger partial charge is 0.367 e. The highest BCUT2D eigenvalue weighted by atomic mass is 16.2. The quantitative estimate of drug-likeness (QED) is 0.437. The Morgan fingerprint density at radius 2 is 1.64 bits per heavy atom. The third-order valence-electron chi connectivity index (χ3n) is 7.37. The van der Waals surface area contributed by atoms with Gasteiger partial charge in [-0.05, 0) is 65.3 Å². The smallest absolute Gasteiger partial charge is 0.251 e. The summed E-state index contributed by atoms with van der Waals surface area (Å²) in [6.45, 7) is 6.53. The van der Waals surface area contributed by atoms with Crippen molar-refractivity contribution < 1.29 is 9.59 Å². The Hall–Kier alpha value is -3.60. The number of carbonyl (C=O) groups excluding carboxylic acids is 2. The van der Waals surface area contributed by atoms with Crippen molar-refractivity contribution in [3.05, 3.63) is 89.0 Å². The average Bonchev–Trinajstić information content (AvgIpc) is 3.23. The maximum atomic E-state index is 13.5. The Kier molecular flexibility index (Phi) is 7.08. The number of fused-ring (bicyclic) bond motifs is 3. The SMILES string of the molecule is CCCCc1c(N2CC(NC(=O)c3ccccc3)C2)ccc2c1C(C(=O)NCCC)c1ccccc1-2. The van der Waals surface area contributed by atoms with Crippen molar-refractivity contribution >= 4 is 17.5 Å². The van der Waals surface area contributed by atoms with E-state index in [1.165, 1.54) is 27.9 Å². The van der Waals surface area contributed by atoms with Crippen molar-refractivity contribution in [2.24, 2.45) is 0 Å². The minimum absolute atomic E-state index is 0.0245. The molecule has 1 atom stereocenters. The van der Waals surface area contributed by atoms with Crippen LogP contribution in [0.1, 0.15) is 66.1 Å². The number of anilines is 1. The molecule has 1 aliphatic heterocycles. The third kappa shape index (κ3) is 4.50. The molecule has 2 aliphatic rings. The zero-order valence-corrected chi connectivity index (χ0v) is 21.2. The van der Waals surface area contributed by atoms with Gasteiger partial charge in [0.15, 0.2) is 0 Å². The number of unbranched alkanes of at least 4 members (excludes halogenated alkanes) is 1. The first-order valence-corrected chi connectivity index (χ1v) is 13.3. The molecule has 3 aromatic carbocycles. The minimum Gasteiger partial charge on any atom is -0.367 e. The van der Waals surface area contributed by atoms with Gasteiger partial charge in [-0.2, -0.15) is 0 Å². The Bertz CT molecular complexity index is 1250. The highest BCUT2D eigenvalue weighted by Crippen LogP contribution is 2.49. The van der Waals surface area contributed by atoms with Gasteiger partial charge >= 0.3 is 0 Å². The monoisotopic (exact) mass is 481 g/mol. The van der Waals surface area contributed by atoms with Crippen LogP contribution in [-0.2, 0) is 11.2 Å². The van der Waals surface area contributed by atoms with Gasteiger partial charge in [0.05, 0.1) is 12.0 Å². The molecular weight excluding hydrogens is 446 g/mol. The fourth-order valence-corrected chi connectivity index (χ4v) is 5.53. The first-order valence-electron chi connectivity index (χ1n) is 13.3. The molecule has 36 heavy (non-hydrogen) atoms. The van der Waals surface area contributed by atoms with Crippen molar-refractivity contribution in [2.75, 3.05) is 24.5 Å². The van der Waals surface area contributed by atoms with E-state index in [1.807, 2.05) is 36.4 Å². The molecule has 0 saturated carbocycles. The van der Waals surface area contributed by atoms with Crippen LogP contribution in [0.4, 0.5) is 5.69 Å². The molecule has 0 bridgehead atoms. The van der Waals surface area contributed by atoms with E-state index < -0.39 is 0 Å². The highest BCUT2D eigenvalue weighted by Gasteiger charge is 2.38. The van der Waals surface area contributed by atoms with Crippen LogP contribution in [0.2, 0.25) is 0 Å². The molecule has 5 heteroatoms. The van der Waals surface area contributed by atoms with Crippen molar-refractivity contribution in [1.82, 2.24) is 10.6 Å². The minimum atomic E-state index is -0.274. The van der Waals surface area contributed by atoms with E-state index in [4.69, 9.17) is 0 Å². The summed E-state index contributed by atoms with van der Waals surface area (Å²) in [6.07, 6.45) is 4.03. The van der Waals surface area contributed by atoms with Gasteiger partial charge < -0.3 is 15.5 Å². The lowest BCUT2D eigenvalue weighted by Gasteiger charge is -2.43. The Morgan fingerprint density at radius 1 is 0.889 bits per heavy atom. The fraction of sp³-hybridized carbons (Fsp3) is 0.355. The Morgan fingerprint density at radius 3 is 2.39 bits per heavy atom. The predicted molar refractivity (Wildman–Crippen MR) is 146 cm³/mol. The van der Waals surface area contributed by atoms with Crippen molar-refractivity contribution in [3.63, 3.8) is 0 Å². The summed E-state index contributed by atoms with van der Waals surface area (Å²) in [5.74, 6) is -0.206. The van der Waals surface area contributed by atoms with Crippen LogP contribution >= 0.6 is 0 Å². The average molecular weight is 482 g/mol. The van der Waals surface area contributed by atoms with Crippen LogP contribution in [0, 0.1) is 0 Å². The Balaban J connectivity index is 1.44. The van der Waals surface area contributed by atoms with Crippen LogP contribution < -0.4 is 15.5 Å². The van der Waals surface area contributed by atoms with E-state index in [0.29, 0.717) is 12.1 Å². The molecule has 1 saturated heterocycles. The summed E-state index contributed by atoms with van der Waals surface area (Å²) >= 11 is 0. The molecular formula is C31H35N3O2. The molecule has 0 radical (unpaired) electrons. The molecule has 0 spiro atoms. The normalized spacial score (nSPS) is 16.2. The van der Waals surface area contributed by atoms with Gasteiger partial charge in [0, 0.05) is 30.9 Å². The number of benzene rings is 3. The third-order valence-corrected chi connectivity index (χ3v) is 7.37.